The highest BCUT2D eigenvalue weighted by Crippen LogP contribution is 2.35. The number of amides is 1. The number of benzene rings is 2. The average Bonchev–Trinajstić information content (AvgIpc) is 3.25. The molecule has 0 saturated carbocycles. The molecular weight excluding hydrogens is 514 g/mol. The second-order valence-electron chi connectivity index (χ2n) is 8.31. The monoisotopic (exact) mass is 535 g/mol. The molecule has 37 heavy (non-hydrogen) atoms. The van der Waals surface area contributed by atoms with Gasteiger partial charge < -0.3 is 10.6 Å². The first kappa shape index (κ1) is 26.3. The van der Waals surface area contributed by atoms with E-state index in [0.717, 1.165) is 11.1 Å². The van der Waals surface area contributed by atoms with Gasteiger partial charge in [0.05, 0.1) is 11.1 Å². The first-order valence-electron chi connectivity index (χ1n) is 11.1. The fourth-order valence-electron chi connectivity index (χ4n) is 3.82. The lowest BCUT2D eigenvalue weighted by molar-refractivity contribution is -0.150. The van der Waals surface area contributed by atoms with E-state index >= 15 is 0 Å². The molecule has 1 amide bonds. The molecule has 0 bridgehead atoms. The average molecular weight is 536 g/mol. The molecule has 0 saturated heterocycles. The number of rotatable bonds is 7. The van der Waals surface area contributed by atoms with E-state index in [2.05, 4.69) is 31.4 Å². The van der Waals surface area contributed by atoms with Crippen LogP contribution in [0.25, 0.3) is 11.1 Å². The van der Waals surface area contributed by atoms with Gasteiger partial charge in [-0.2, -0.15) is 18.6 Å². The molecule has 2 atom stereocenters. The Kier molecular flexibility index (Phi) is 7.60. The highest BCUT2D eigenvalue weighted by atomic mass is 35.5. The van der Waals surface area contributed by atoms with Crippen molar-refractivity contribution < 1.29 is 22.4 Å². The van der Waals surface area contributed by atoms with Gasteiger partial charge in [0.2, 0.25) is 5.91 Å². The fraction of sp³-hybridized carbons (Fsp3) is 0.250. The zero-order valence-electron chi connectivity index (χ0n) is 19.6. The molecule has 2 heterocycles. The van der Waals surface area contributed by atoms with Crippen molar-refractivity contribution in [1.82, 2.24) is 15.5 Å². The van der Waals surface area contributed by atoms with E-state index < -0.39 is 30.5 Å². The minimum atomic E-state index is -4.66. The van der Waals surface area contributed by atoms with Crippen molar-refractivity contribution in [2.45, 2.75) is 31.7 Å². The Morgan fingerprint density at radius 3 is 2.57 bits per heavy atom. The summed E-state index contributed by atoms with van der Waals surface area (Å²) in [7, 11) is 1.66. The van der Waals surface area contributed by atoms with Crippen LogP contribution in [0.3, 0.4) is 0 Å². The van der Waals surface area contributed by atoms with Crippen molar-refractivity contribution >= 4 is 29.0 Å². The number of pyridine rings is 1. The van der Waals surface area contributed by atoms with Crippen molar-refractivity contribution in [2.24, 2.45) is 10.3 Å². The van der Waals surface area contributed by atoms with E-state index in [0.29, 0.717) is 11.1 Å². The largest absolute Gasteiger partial charge is 0.397 e. The summed E-state index contributed by atoms with van der Waals surface area (Å²) < 4.78 is 52.5. The summed E-state index contributed by atoms with van der Waals surface area (Å²) in [6, 6.07) is 13.0. The van der Waals surface area contributed by atoms with Crippen LogP contribution in [-0.2, 0) is 4.79 Å². The van der Waals surface area contributed by atoms with Crippen LogP contribution >= 0.6 is 11.6 Å². The number of carbonyl (C=O) groups is 1. The lowest BCUT2D eigenvalue weighted by Gasteiger charge is -2.20. The van der Waals surface area contributed by atoms with Crippen LogP contribution in [0.1, 0.15) is 36.7 Å². The Hall–Kier alpha value is -3.77. The van der Waals surface area contributed by atoms with Crippen molar-refractivity contribution in [1.29, 1.82) is 0 Å². The van der Waals surface area contributed by atoms with Crippen LogP contribution < -0.4 is 16.1 Å². The maximum atomic E-state index is 14.7. The molecule has 2 unspecified atom stereocenters. The zero-order valence-corrected chi connectivity index (χ0v) is 20.4. The summed E-state index contributed by atoms with van der Waals surface area (Å²) in [6.07, 6.45) is -5.60. The van der Waals surface area contributed by atoms with Gasteiger partial charge in [-0.25, -0.2) is 14.5 Å². The van der Waals surface area contributed by atoms with Gasteiger partial charge >= 0.3 is 6.18 Å². The Bertz CT molecular complexity index is 1320. The van der Waals surface area contributed by atoms with Crippen LogP contribution in [-0.4, -0.2) is 29.2 Å². The second kappa shape index (κ2) is 10.7. The van der Waals surface area contributed by atoms with Crippen molar-refractivity contribution in [3.8, 4) is 11.1 Å². The predicted octanol–water partition coefficient (Wildman–Crippen LogP) is 6.42. The highest BCUT2D eigenvalue weighted by molar-refractivity contribution is 6.34. The van der Waals surface area contributed by atoms with Crippen LogP contribution in [0.2, 0.25) is 5.02 Å². The number of anilines is 2. The van der Waals surface area contributed by atoms with Crippen LogP contribution in [0, 0.1) is 5.82 Å². The van der Waals surface area contributed by atoms with E-state index in [9.17, 15) is 22.4 Å². The molecule has 1 aromatic heterocycles. The molecule has 0 aliphatic carbocycles. The molecule has 0 fully saturated rings. The third-order valence-corrected chi connectivity index (χ3v) is 5.85. The lowest BCUT2D eigenvalue weighted by atomic mass is 9.95. The summed E-state index contributed by atoms with van der Waals surface area (Å²) in [6.45, 7) is 1.81. The minimum absolute atomic E-state index is 0.0394. The predicted molar refractivity (Wildman–Crippen MR) is 131 cm³/mol. The first-order chi connectivity index (χ1) is 17.5. The molecule has 3 aromatic rings. The Balaban J connectivity index is 1.54. The summed E-state index contributed by atoms with van der Waals surface area (Å²) in [5.74, 6) is -1.56. The fourth-order valence-corrected chi connectivity index (χ4v) is 4.01. The van der Waals surface area contributed by atoms with Gasteiger partial charge in [0, 0.05) is 18.8 Å². The van der Waals surface area contributed by atoms with Gasteiger partial charge in [0.1, 0.15) is 17.9 Å². The summed E-state index contributed by atoms with van der Waals surface area (Å²) in [5, 5.41) is 14.6. The molecule has 1 aliphatic rings. The molecule has 0 radical (unpaired) electrons. The summed E-state index contributed by atoms with van der Waals surface area (Å²) in [4.78, 5) is 16.0. The third kappa shape index (κ3) is 6.33. The molecule has 13 heteroatoms. The van der Waals surface area contributed by atoms with E-state index in [1.54, 1.807) is 19.2 Å². The van der Waals surface area contributed by atoms with Gasteiger partial charge in [-0.15, -0.1) is 5.11 Å². The third-order valence-electron chi connectivity index (χ3n) is 5.54. The van der Waals surface area contributed by atoms with Gasteiger partial charge in [-0.1, -0.05) is 53.2 Å². The molecule has 8 nitrogen and oxygen atoms in total. The van der Waals surface area contributed by atoms with Crippen molar-refractivity contribution in [3.05, 3.63) is 76.7 Å². The number of carbonyl (C=O) groups excluding carboxylic acids is 1. The number of alkyl halides is 3. The number of aromatic nitrogens is 1. The molecule has 4 rings (SSSR count). The van der Waals surface area contributed by atoms with Crippen LogP contribution in [0.15, 0.2) is 65.1 Å². The standard InChI is InChI=1S/C24H22ClF4N7O/c1-13(31-23-21(17(25)10-11-30-23)32-19(37)12-24(27,28)29)14-6-8-15(9-7-14)16-4-3-5-18(26)20(16)22-33-35-36(2)34-22/h3-11,13,22,34H,12H2,1-2H3,(H,30,31)(H,32,37). The lowest BCUT2D eigenvalue weighted by Crippen LogP contribution is -2.27. The van der Waals surface area contributed by atoms with E-state index in [-0.39, 0.29) is 22.6 Å². The van der Waals surface area contributed by atoms with Crippen molar-refractivity contribution in [2.75, 3.05) is 17.7 Å². The van der Waals surface area contributed by atoms with Gasteiger partial charge in [-0.05, 0) is 35.7 Å². The summed E-state index contributed by atoms with van der Waals surface area (Å²) in [5.41, 5.74) is 5.46. The maximum absolute atomic E-state index is 14.7. The first-order valence-corrected chi connectivity index (χ1v) is 11.5. The molecule has 0 spiro atoms. The smallest absolute Gasteiger partial charge is 0.362 e. The van der Waals surface area contributed by atoms with Crippen LogP contribution in [0.5, 0.6) is 0 Å². The van der Waals surface area contributed by atoms with Crippen LogP contribution in [0.4, 0.5) is 29.1 Å². The topological polar surface area (TPSA) is 94.0 Å². The molecule has 3 N–H and O–H groups in total. The van der Waals surface area contributed by atoms with Crippen molar-refractivity contribution in [3.63, 3.8) is 0 Å². The number of hydrogen-bond acceptors (Lipinski definition) is 7. The number of halogens is 5. The Morgan fingerprint density at radius 2 is 1.92 bits per heavy atom. The maximum Gasteiger partial charge on any atom is 0.397 e. The molecule has 194 valence electrons. The number of hydrogen-bond donors (Lipinski definition) is 3. The number of nitrogens with zero attached hydrogens (tertiary/aromatic N) is 4. The van der Waals surface area contributed by atoms with E-state index in [4.69, 9.17) is 11.6 Å². The molecule has 2 aromatic carbocycles. The minimum Gasteiger partial charge on any atom is -0.362 e. The number of nitrogens with one attached hydrogen (secondary N) is 3. The van der Waals surface area contributed by atoms with E-state index in [1.165, 1.54) is 23.4 Å². The summed E-state index contributed by atoms with van der Waals surface area (Å²) >= 11 is 6.12. The quantitative estimate of drug-likeness (QED) is 0.303. The molecular formula is C24H22ClF4N7O. The van der Waals surface area contributed by atoms with Gasteiger partial charge in [0.15, 0.2) is 12.0 Å². The second-order valence-corrected chi connectivity index (χ2v) is 8.71. The highest BCUT2D eigenvalue weighted by Gasteiger charge is 2.32. The van der Waals surface area contributed by atoms with E-state index in [1.807, 2.05) is 31.2 Å². The zero-order chi connectivity index (χ0) is 26.7. The SMILES string of the molecule is CC(Nc1nccc(Cl)c1NC(=O)CC(F)(F)F)c1ccc(-c2cccc(F)c2C2N=NN(C)N2)cc1. The van der Waals surface area contributed by atoms with Gasteiger partial charge in [-0.3, -0.25) is 4.79 Å². The molecule has 1 aliphatic heterocycles. The Morgan fingerprint density at radius 1 is 1.19 bits per heavy atom. The Labute approximate surface area is 214 Å². The number of hydrazine groups is 1. The van der Waals surface area contributed by atoms with Gasteiger partial charge in [0.25, 0.3) is 0 Å². The normalized spacial score (nSPS) is 16.1.